The number of alkyl carbamates (subject to hydrolysis) is 1. The number of H-pyrrole nitrogens is 1. The number of carbonyl (C=O) groups excluding carboxylic acids is 5. The number of aromatic nitrogens is 2. The molecule has 5 rings (SSSR count). The molecule has 4 N–H and O–H groups in total. The van der Waals surface area contributed by atoms with E-state index in [4.69, 9.17) is 10.3 Å². The molecule has 0 aliphatic carbocycles. The maximum absolute atomic E-state index is 13.7. The summed E-state index contributed by atoms with van der Waals surface area (Å²) in [5.74, 6) is -2.60. The van der Waals surface area contributed by atoms with Crippen molar-refractivity contribution in [2.75, 3.05) is 20.2 Å². The van der Waals surface area contributed by atoms with Gasteiger partial charge in [0, 0.05) is 47.7 Å². The van der Waals surface area contributed by atoms with E-state index in [2.05, 4.69) is 78.9 Å². The lowest BCUT2D eigenvalue weighted by atomic mass is 10.00. The van der Waals surface area contributed by atoms with Gasteiger partial charge in [0.05, 0.1) is 19.2 Å². The van der Waals surface area contributed by atoms with Crippen LogP contribution in [-0.2, 0) is 30.3 Å². The summed E-state index contributed by atoms with van der Waals surface area (Å²) in [6.07, 6.45) is 6.83. The second-order valence-electron chi connectivity index (χ2n) is 15.5. The van der Waals surface area contributed by atoms with Gasteiger partial charge in [-0.2, -0.15) is 0 Å². The molecular weight excluding hydrogens is 753 g/mol. The van der Waals surface area contributed by atoms with Crippen molar-refractivity contribution < 1.29 is 28.7 Å². The van der Waals surface area contributed by atoms with E-state index in [0.717, 1.165) is 58.7 Å². The third-order valence-corrected chi connectivity index (χ3v) is 10.8. The normalized spacial score (nSPS) is 17.6. The molecule has 0 radical (unpaired) electrons. The van der Waals surface area contributed by atoms with Crippen molar-refractivity contribution in [1.29, 1.82) is 0 Å². The molecule has 2 aliphatic rings. The number of likely N-dealkylation sites (tertiary alicyclic amines) is 2. The maximum atomic E-state index is 13.7. The molecule has 1 unspecified atom stereocenters. The highest BCUT2D eigenvalue weighted by Gasteiger charge is 2.39. The Morgan fingerprint density at radius 1 is 0.932 bits per heavy atom. The first-order valence-electron chi connectivity index (χ1n) is 20.0. The molecule has 0 spiro atoms. The predicted octanol–water partition coefficient (Wildman–Crippen LogP) is 6.14. The highest BCUT2D eigenvalue weighted by Crippen LogP contribution is 2.32. The Labute approximate surface area is 344 Å². The summed E-state index contributed by atoms with van der Waals surface area (Å²) in [7, 11) is 1.28. The lowest BCUT2D eigenvalue weighted by molar-refractivity contribution is -0.142. The Morgan fingerprint density at radius 3 is 2.14 bits per heavy atom. The lowest BCUT2D eigenvalue weighted by Gasteiger charge is -2.32. The van der Waals surface area contributed by atoms with Crippen LogP contribution < -0.4 is 16.0 Å². The number of hydrogen-bond donors (Lipinski definition) is 4. The largest absolute Gasteiger partial charge is 0.453 e. The number of amides is 5. The van der Waals surface area contributed by atoms with Crippen LogP contribution in [0.5, 0.6) is 0 Å². The molecule has 16 nitrogen and oxygen atoms in total. The smallest absolute Gasteiger partial charge is 0.407 e. The van der Waals surface area contributed by atoms with Crippen LogP contribution in [0.15, 0.2) is 78.2 Å². The Bertz CT molecular complexity index is 2100. The van der Waals surface area contributed by atoms with E-state index in [0.29, 0.717) is 31.6 Å². The van der Waals surface area contributed by atoms with Gasteiger partial charge in [-0.3, -0.25) is 19.2 Å². The number of carbonyl (C=O) groups is 5. The highest BCUT2D eigenvalue weighted by atomic mass is 16.5. The fourth-order valence-corrected chi connectivity index (χ4v) is 7.65. The van der Waals surface area contributed by atoms with Crippen molar-refractivity contribution >= 4 is 35.4 Å². The monoisotopic (exact) mass is 806 g/mol. The van der Waals surface area contributed by atoms with E-state index in [1.807, 2.05) is 45.2 Å². The molecule has 1 aromatic heterocycles. The second kappa shape index (κ2) is 19.8. The van der Waals surface area contributed by atoms with Gasteiger partial charge in [0.1, 0.15) is 17.9 Å². The Kier molecular flexibility index (Phi) is 14.7. The fourth-order valence-electron chi connectivity index (χ4n) is 7.65. The van der Waals surface area contributed by atoms with Crippen molar-refractivity contribution in [3.63, 3.8) is 0 Å². The van der Waals surface area contributed by atoms with Gasteiger partial charge < -0.3 is 35.5 Å². The van der Waals surface area contributed by atoms with E-state index in [1.54, 1.807) is 23.6 Å². The van der Waals surface area contributed by atoms with E-state index in [-0.39, 0.29) is 35.7 Å². The summed E-state index contributed by atoms with van der Waals surface area (Å²) in [4.78, 5) is 77.1. The molecular formula is C43H54N10O6. The van der Waals surface area contributed by atoms with Gasteiger partial charge >= 0.3 is 12.0 Å². The predicted molar refractivity (Wildman–Crippen MR) is 223 cm³/mol. The average molecular weight is 807 g/mol. The number of nitrogens with zero attached hydrogens (tertiary/aromatic N) is 6. The molecule has 5 amide bonds. The number of benzene rings is 2. The maximum Gasteiger partial charge on any atom is 0.407 e. The van der Waals surface area contributed by atoms with Crippen LogP contribution in [0.4, 0.5) is 4.79 Å². The van der Waals surface area contributed by atoms with Gasteiger partial charge in [-0.05, 0) is 77.3 Å². The Morgan fingerprint density at radius 2 is 1.53 bits per heavy atom. The van der Waals surface area contributed by atoms with Gasteiger partial charge in [-0.15, -0.1) is 0 Å². The molecule has 0 saturated carbocycles. The first-order chi connectivity index (χ1) is 28.3. The summed E-state index contributed by atoms with van der Waals surface area (Å²) in [6, 6.07) is 14.3. The quantitative estimate of drug-likeness (QED) is 0.0641. The zero-order valence-electron chi connectivity index (χ0n) is 34.5. The Balaban J connectivity index is 1.19. The molecule has 4 atom stereocenters. The SMILES string of the molecule is C=C(N/C(=C\C)c1ccc(-c2ccc(Cc3cnc([C@@H]4CCCN4C(=O)[C@@H](NC(=O)OC)C(C)C)[nH]3)cc2)cc1)[C@@H]1CCCN1C(=O)C(NC(=O)C(=O)N=[N+]=[N-])C(C)C. The second-order valence-corrected chi connectivity index (χ2v) is 15.5. The van der Waals surface area contributed by atoms with E-state index in [1.165, 1.54) is 7.11 Å². The minimum Gasteiger partial charge on any atom is -0.453 e. The molecule has 2 aliphatic heterocycles. The molecule has 59 heavy (non-hydrogen) atoms. The summed E-state index contributed by atoms with van der Waals surface area (Å²) in [5, 5.41) is 11.4. The number of hydrogen-bond acceptors (Lipinski definition) is 8. The van der Waals surface area contributed by atoms with E-state index in [9.17, 15) is 24.0 Å². The lowest BCUT2D eigenvalue weighted by Crippen LogP contribution is -2.54. The minimum atomic E-state index is -1.30. The van der Waals surface area contributed by atoms with Gasteiger partial charge in [0.25, 0.3) is 5.91 Å². The number of aromatic amines is 1. The van der Waals surface area contributed by atoms with Crippen LogP contribution in [0, 0.1) is 11.8 Å². The highest BCUT2D eigenvalue weighted by molar-refractivity contribution is 6.35. The van der Waals surface area contributed by atoms with E-state index >= 15 is 0 Å². The molecule has 2 saturated heterocycles. The summed E-state index contributed by atoms with van der Waals surface area (Å²) in [6.45, 7) is 14.6. The van der Waals surface area contributed by atoms with Crippen molar-refractivity contribution in [2.45, 2.75) is 90.9 Å². The average Bonchev–Trinajstić information content (AvgIpc) is 4.02. The van der Waals surface area contributed by atoms with Crippen molar-refractivity contribution in [1.82, 2.24) is 35.7 Å². The molecule has 0 bridgehead atoms. The zero-order chi connectivity index (χ0) is 42.8. The van der Waals surface area contributed by atoms with Gasteiger partial charge in [0.2, 0.25) is 11.8 Å². The number of ether oxygens (including phenoxy) is 1. The zero-order valence-corrected chi connectivity index (χ0v) is 34.5. The summed E-state index contributed by atoms with van der Waals surface area (Å²) in [5.41, 5.74) is 15.0. The first kappa shape index (κ1) is 43.7. The van der Waals surface area contributed by atoms with Crippen molar-refractivity contribution in [2.24, 2.45) is 17.0 Å². The molecule has 3 heterocycles. The van der Waals surface area contributed by atoms with Crippen LogP contribution in [0.1, 0.15) is 89.0 Å². The minimum absolute atomic E-state index is 0.110. The fraction of sp³-hybridized carbons (Fsp3) is 0.442. The van der Waals surface area contributed by atoms with Crippen LogP contribution in [-0.4, -0.2) is 87.8 Å². The summed E-state index contributed by atoms with van der Waals surface area (Å²) < 4.78 is 4.75. The number of azide groups is 1. The first-order valence-corrected chi connectivity index (χ1v) is 20.0. The van der Waals surface area contributed by atoms with Crippen LogP contribution in [0.3, 0.4) is 0 Å². The number of rotatable bonds is 14. The molecule has 2 aromatic carbocycles. The standard InChI is InChI=1S/C43H54N10O6/c1-8-33(46-27(6)34-11-9-21-52(34)41(56)36(25(2)3)48-39(54)40(55)50-51-44)31-19-17-30(18-20-31)29-15-13-28(14-16-29)23-32-24-45-38(47-32)35-12-10-22-53(35)42(57)37(26(4)5)49-43(58)59-7/h8,13-20,24-26,34-37,46H,6,9-12,21-23H2,1-5,7H3,(H,45,47)(H,48,54)(H,49,58)/b33-8-/t34-,35-,36?,37-/m0/s1. The van der Waals surface area contributed by atoms with Crippen LogP contribution in [0.25, 0.3) is 27.3 Å². The number of nitrogens with one attached hydrogen (secondary N) is 4. The van der Waals surface area contributed by atoms with Gasteiger partial charge in [0.15, 0.2) is 0 Å². The molecule has 312 valence electrons. The summed E-state index contributed by atoms with van der Waals surface area (Å²) >= 11 is 0. The van der Waals surface area contributed by atoms with Crippen molar-refractivity contribution in [3.05, 3.63) is 106 Å². The Hall–Kier alpha value is -6.41. The number of imidazole rings is 1. The third-order valence-electron chi connectivity index (χ3n) is 10.8. The number of methoxy groups -OCH3 is 1. The van der Waals surface area contributed by atoms with E-state index < -0.39 is 30.0 Å². The third kappa shape index (κ3) is 10.6. The van der Waals surface area contributed by atoms with Crippen molar-refractivity contribution in [3.8, 4) is 11.1 Å². The number of allylic oxidation sites excluding steroid dienone is 1. The van der Waals surface area contributed by atoms with Crippen LogP contribution in [0.2, 0.25) is 0 Å². The van der Waals surface area contributed by atoms with Gasteiger partial charge in [-0.1, -0.05) is 88.9 Å². The van der Waals surface area contributed by atoms with Crippen LogP contribution >= 0.6 is 0 Å². The molecule has 2 fully saturated rings. The van der Waals surface area contributed by atoms with Gasteiger partial charge in [-0.25, -0.2) is 9.78 Å². The molecule has 3 aromatic rings. The molecule has 16 heteroatoms. The topological polar surface area (TPSA) is 215 Å².